The third-order valence-electron chi connectivity index (χ3n) is 5.50. The maximum absolute atomic E-state index is 11.0. The largest absolute Gasteiger partial charge is 0.505 e. The van der Waals surface area contributed by atoms with Gasteiger partial charge in [0.25, 0.3) is 0 Å². The zero-order valence-corrected chi connectivity index (χ0v) is 20.1. The zero-order valence-electron chi connectivity index (χ0n) is 19.1. The van der Waals surface area contributed by atoms with Crippen molar-refractivity contribution in [1.82, 2.24) is 15.0 Å². The first-order chi connectivity index (χ1) is 14.5. The minimum atomic E-state index is -1.35. The molecular weight excluding hydrogens is 406 g/mol. The highest BCUT2D eigenvalue weighted by Gasteiger charge is 2.24. The summed E-state index contributed by atoms with van der Waals surface area (Å²) in [7, 11) is -1.35. The van der Waals surface area contributed by atoms with Gasteiger partial charge in [-0.15, -0.1) is 27.3 Å². The number of rotatable bonds is 8. The van der Waals surface area contributed by atoms with Crippen LogP contribution in [-0.4, -0.2) is 39.9 Å². The number of phenols is 1. The van der Waals surface area contributed by atoms with Crippen molar-refractivity contribution in [2.45, 2.75) is 58.4 Å². The van der Waals surface area contributed by atoms with E-state index in [1.165, 1.54) is 4.80 Å². The zero-order chi connectivity index (χ0) is 22.8. The van der Waals surface area contributed by atoms with Crippen LogP contribution < -0.4 is 4.74 Å². The molecule has 3 aromatic rings. The van der Waals surface area contributed by atoms with Crippen LogP contribution >= 0.6 is 0 Å². The van der Waals surface area contributed by atoms with Crippen molar-refractivity contribution >= 4 is 19.1 Å². The number of aromatic hydroxyl groups is 1. The minimum Gasteiger partial charge on any atom is -0.505 e. The Morgan fingerprint density at radius 2 is 1.84 bits per heavy atom. The lowest BCUT2D eigenvalue weighted by atomic mass is 9.86. The van der Waals surface area contributed by atoms with E-state index in [0.29, 0.717) is 29.1 Å². The lowest BCUT2D eigenvalue weighted by molar-refractivity contribution is 0.282. The van der Waals surface area contributed by atoms with Gasteiger partial charge >= 0.3 is 0 Å². The second kappa shape index (κ2) is 8.84. The Labute approximate surface area is 185 Å². The summed E-state index contributed by atoms with van der Waals surface area (Å²) in [4.78, 5) is 1.44. The van der Waals surface area contributed by atoms with Gasteiger partial charge in [-0.3, -0.25) is 0 Å². The van der Waals surface area contributed by atoms with Gasteiger partial charge in [-0.2, -0.15) is 0 Å². The quantitative estimate of drug-likeness (QED) is 0.376. The first kappa shape index (κ1) is 23.0. The Morgan fingerprint density at radius 3 is 2.48 bits per heavy atom. The average Bonchev–Trinajstić information content (AvgIpc) is 3.14. The molecule has 166 valence electrons. The van der Waals surface area contributed by atoms with Crippen LogP contribution in [-0.2, 0) is 12.0 Å². The Morgan fingerprint density at radius 1 is 1.13 bits per heavy atom. The predicted molar refractivity (Wildman–Crippen MR) is 128 cm³/mol. The fourth-order valence-corrected chi connectivity index (χ4v) is 4.65. The third-order valence-corrected chi connectivity index (χ3v) is 8.25. The number of ether oxygens (including phenoxy) is 1. The van der Waals surface area contributed by atoms with Gasteiger partial charge in [-0.1, -0.05) is 46.0 Å². The predicted octanol–water partition coefficient (Wildman–Crippen LogP) is 5.12. The van der Waals surface area contributed by atoms with Crippen molar-refractivity contribution in [3.63, 3.8) is 0 Å². The number of aliphatic hydroxyl groups is 1. The molecule has 2 N–H and O–H groups in total. The molecule has 0 amide bonds. The van der Waals surface area contributed by atoms with E-state index in [0.717, 1.165) is 23.6 Å². The first-order valence-corrected chi connectivity index (χ1v) is 13.9. The highest BCUT2D eigenvalue weighted by molar-refractivity contribution is 6.82. The molecule has 0 aliphatic rings. The van der Waals surface area contributed by atoms with Gasteiger partial charge in [-0.05, 0) is 35.6 Å². The molecule has 1 aromatic heterocycles. The van der Waals surface area contributed by atoms with Gasteiger partial charge in [0.1, 0.15) is 28.2 Å². The lowest BCUT2D eigenvalue weighted by Crippen LogP contribution is -2.22. The highest BCUT2D eigenvalue weighted by Crippen LogP contribution is 2.38. The smallest absolute Gasteiger partial charge is 0.147 e. The molecule has 31 heavy (non-hydrogen) atoms. The third kappa shape index (κ3) is 5.35. The first-order valence-electron chi connectivity index (χ1n) is 10.7. The molecule has 7 heteroatoms. The molecule has 0 aliphatic heterocycles. The Balaban J connectivity index is 1.95. The maximum atomic E-state index is 11.0. The van der Waals surface area contributed by atoms with E-state index < -0.39 is 8.07 Å². The molecule has 1 heterocycles. The number of benzene rings is 2. The van der Waals surface area contributed by atoms with E-state index >= 15 is 0 Å². The molecule has 0 unspecified atom stereocenters. The van der Waals surface area contributed by atoms with Gasteiger partial charge in [0, 0.05) is 11.6 Å². The standard InChI is InChI=1S/C24H33N3O3Si/c1-7-31(5,6)12-8-11-30-18-14-19(24(2,3)4)23(29)22(15-18)27-25-20-10-9-17(16-28)13-21(20)26-27/h7,9-10,13-15,28-29H,1,8,11-12,16H2,2-6H3. The van der Waals surface area contributed by atoms with E-state index in [9.17, 15) is 10.2 Å². The molecule has 0 saturated carbocycles. The summed E-state index contributed by atoms with van der Waals surface area (Å²) in [5, 5.41) is 29.5. The molecule has 0 aliphatic carbocycles. The van der Waals surface area contributed by atoms with E-state index in [2.05, 4.69) is 35.6 Å². The van der Waals surface area contributed by atoms with Crippen LogP contribution in [0.3, 0.4) is 0 Å². The maximum Gasteiger partial charge on any atom is 0.147 e. The van der Waals surface area contributed by atoms with Gasteiger partial charge in [0.15, 0.2) is 0 Å². The van der Waals surface area contributed by atoms with Crippen LogP contribution in [0.4, 0.5) is 0 Å². The van der Waals surface area contributed by atoms with Crippen molar-refractivity contribution in [1.29, 1.82) is 0 Å². The van der Waals surface area contributed by atoms with E-state index in [1.807, 2.05) is 39.0 Å². The van der Waals surface area contributed by atoms with Gasteiger partial charge < -0.3 is 14.9 Å². The SMILES string of the molecule is C=C[Si](C)(C)CCCOc1cc(-n2nc3ccc(CO)cc3n2)c(O)c(C(C)(C)C)c1. The molecule has 0 bridgehead atoms. The normalized spacial score (nSPS) is 12.3. The molecule has 0 fully saturated rings. The molecule has 2 aromatic carbocycles. The molecule has 0 spiro atoms. The van der Waals surface area contributed by atoms with E-state index in [4.69, 9.17) is 4.74 Å². The number of nitrogens with zero attached hydrogens (tertiary/aromatic N) is 3. The van der Waals surface area contributed by atoms with E-state index in [1.54, 1.807) is 12.1 Å². The monoisotopic (exact) mass is 439 g/mol. The Bertz CT molecular complexity index is 1080. The van der Waals surface area contributed by atoms with Crippen LogP contribution in [0.1, 0.15) is 38.3 Å². The molecule has 6 nitrogen and oxygen atoms in total. The summed E-state index contributed by atoms with van der Waals surface area (Å²) in [5.74, 6) is 0.830. The van der Waals surface area contributed by atoms with Crippen molar-refractivity contribution in [3.05, 3.63) is 53.7 Å². The highest BCUT2D eigenvalue weighted by atomic mass is 28.3. The Hall–Kier alpha value is -2.64. The van der Waals surface area contributed by atoms with Crippen LogP contribution in [0, 0.1) is 0 Å². The fourth-order valence-electron chi connectivity index (χ4n) is 3.39. The number of hydrogen-bond donors (Lipinski definition) is 2. The van der Waals surface area contributed by atoms with Crippen molar-refractivity contribution in [2.75, 3.05) is 6.61 Å². The summed E-state index contributed by atoms with van der Waals surface area (Å²) in [6.07, 6.45) is 0.958. The number of phenolic OH excluding ortho intramolecular Hbond substituents is 1. The summed E-state index contributed by atoms with van der Waals surface area (Å²) in [5.41, 5.74) is 5.19. The van der Waals surface area contributed by atoms with Gasteiger partial charge in [-0.25, -0.2) is 0 Å². The molecule has 0 atom stereocenters. The van der Waals surface area contributed by atoms with Gasteiger partial charge in [0.05, 0.1) is 21.3 Å². The topological polar surface area (TPSA) is 80.4 Å². The molecule has 3 rings (SSSR count). The summed E-state index contributed by atoms with van der Waals surface area (Å²) >= 11 is 0. The fraction of sp³-hybridized carbons (Fsp3) is 0.417. The lowest BCUT2D eigenvalue weighted by Gasteiger charge is -2.23. The van der Waals surface area contributed by atoms with Gasteiger partial charge in [0.2, 0.25) is 0 Å². The summed E-state index contributed by atoms with van der Waals surface area (Å²) in [6.45, 7) is 15.2. The van der Waals surface area contributed by atoms with E-state index in [-0.39, 0.29) is 17.8 Å². The number of aliphatic hydroxyl groups excluding tert-OH is 1. The van der Waals surface area contributed by atoms with Crippen LogP contribution in [0.5, 0.6) is 11.5 Å². The number of aromatic nitrogens is 3. The second-order valence-corrected chi connectivity index (χ2v) is 14.6. The summed E-state index contributed by atoms with van der Waals surface area (Å²) in [6, 6.07) is 10.2. The van der Waals surface area contributed by atoms with Crippen LogP contribution in [0.15, 0.2) is 42.6 Å². The minimum absolute atomic E-state index is 0.0585. The van der Waals surface area contributed by atoms with Crippen molar-refractivity contribution in [3.8, 4) is 17.2 Å². The number of hydrogen-bond acceptors (Lipinski definition) is 5. The summed E-state index contributed by atoms with van der Waals surface area (Å²) < 4.78 is 6.08. The second-order valence-electron chi connectivity index (χ2n) is 9.70. The van der Waals surface area contributed by atoms with Crippen LogP contribution in [0.2, 0.25) is 19.1 Å². The van der Waals surface area contributed by atoms with Crippen molar-refractivity contribution in [2.24, 2.45) is 0 Å². The number of fused-ring (bicyclic) bond motifs is 1. The van der Waals surface area contributed by atoms with Crippen LogP contribution in [0.25, 0.3) is 16.7 Å². The Kier molecular flexibility index (Phi) is 6.57. The molecule has 0 saturated heterocycles. The molecular formula is C24H33N3O3Si. The van der Waals surface area contributed by atoms with Crippen molar-refractivity contribution < 1.29 is 14.9 Å². The average molecular weight is 440 g/mol. The molecule has 0 radical (unpaired) electrons.